The molecular weight excluding hydrogens is 552 g/mol. The molecule has 0 aliphatic carbocycles. The van der Waals surface area contributed by atoms with Gasteiger partial charge in [0.2, 0.25) is 0 Å². The van der Waals surface area contributed by atoms with Crippen molar-refractivity contribution < 1.29 is 23.9 Å². The van der Waals surface area contributed by atoms with Crippen molar-refractivity contribution in [1.82, 2.24) is 9.66 Å². The normalized spacial score (nSPS) is 11.0. The first-order valence-electron chi connectivity index (χ1n) is 13.4. The van der Waals surface area contributed by atoms with E-state index in [2.05, 4.69) is 10.1 Å². The minimum Gasteiger partial charge on any atom is -0.490 e. The summed E-state index contributed by atoms with van der Waals surface area (Å²) in [6.45, 7) is 4.41. The van der Waals surface area contributed by atoms with Crippen LogP contribution in [-0.4, -0.2) is 40.0 Å². The molecular formula is C32H26N4O7. The molecule has 0 aliphatic rings. The summed E-state index contributed by atoms with van der Waals surface area (Å²) in [5, 5.41) is 16.3. The van der Waals surface area contributed by atoms with Crippen molar-refractivity contribution in [3.8, 4) is 28.6 Å². The molecule has 0 saturated carbocycles. The molecule has 11 heteroatoms. The van der Waals surface area contributed by atoms with Crippen LogP contribution in [0.3, 0.4) is 0 Å². The maximum atomic E-state index is 13.5. The predicted molar refractivity (Wildman–Crippen MR) is 161 cm³/mol. The number of benzene rings is 4. The molecule has 1 heterocycles. The monoisotopic (exact) mass is 578 g/mol. The summed E-state index contributed by atoms with van der Waals surface area (Å²) >= 11 is 0. The number of nitrogens with zero attached hydrogens (tertiary/aromatic N) is 4. The van der Waals surface area contributed by atoms with E-state index < -0.39 is 16.5 Å². The third kappa shape index (κ3) is 6.25. The average molecular weight is 579 g/mol. The Hall–Kier alpha value is -5.84. The van der Waals surface area contributed by atoms with Gasteiger partial charge in [0, 0.05) is 23.3 Å². The van der Waals surface area contributed by atoms with Crippen molar-refractivity contribution in [1.29, 1.82) is 0 Å². The van der Waals surface area contributed by atoms with Gasteiger partial charge in [0.25, 0.3) is 11.2 Å². The van der Waals surface area contributed by atoms with Crippen LogP contribution in [0.15, 0.2) is 101 Å². The topological polar surface area (TPSA) is 135 Å². The van der Waals surface area contributed by atoms with Gasteiger partial charge in [0.1, 0.15) is 5.75 Å². The van der Waals surface area contributed by atoms with Crippen LogP contribution >= 0.6 is 0 Å². The van der Waals surface area contributed by atoms with Crippen LogP contribution in [0.2, 0.25) is 0 Å². The highest BCUT2D eigenvalue weighted by molar-refractivity contribution is 5.94. The van der Waals surface area contributed by atoms with Crippen LogP contribution in [0, 0.1) is 10.1 Å². The van der Waals surface area contributed by atoms with Crippen LogP contribution in [0.25, 0.3) is 22.3 Å². The fourth-order valence-electron chi connectivity index (χ4n) is 4.30. The van der Waals surface area contributed by atoms with Crippen molar-refractivity contribution in [2.45, 2.75) is 13.8 Å². The number of aromatic nitrogens is 2. The summed E-state index contributed by atoms with van der Waals surface area (Å²) < 4.78 is 17.9. The van der Waals surface area contributed by atoms with Crippen molar-refractivity contribution in [2.24, 2.45) is 5.10 Å². The van der Waals surface area contributed by atoms with Crippen LogP contribution in [0.5, 0.6) is 17.2 Å². The molecule has 0 radical (unpaired) electrons. The number of nitro groups is 1. The lowest BCUT2D eigenvalue weighted by atomic mass is 10.1. The maximum absolute atomic E-state index is 13.5. The van der Waals surface area contributed by atoms with Gasteiger partial charge in [-0.05, 0) is 50.2 Å². The fraction of sp³-hybridized carbons (Fsp3) is 0.125. The highest BCUT2D eigenvalue weighted by atomic mass is 16.6. The second-order valence-corrected chi connectivity index (χ2v) is 9.08. The van der Waals surface area contributed by atoms with Gasteiger partial charge in [0.05, 0.1) is 40.8 Å². The zero-order valence-electron chi connectivity index (χ0n) is 23.3. The molecule has 0 N–H and O–H groups in total. The smallest absolute Gasteiger partial charge is 0.343 e. The van der Waals surface area contributed by atoms with Gasteiger partial charge < -0.3 is 14.2 Å². The minimum atomic E-state index is -0.734. The Kier molecular flexibility index (Phi) is 8.52. The zero-order chi connectivity index (χ0) is 30.3. The first-order valence-corrected chi connectivity index (χ1v) is 13.4. The second-order valence-electron chi connectivity index (χ2n) is 9.08. The summed E-state index contributed by atoms with van der Waals surface area (Å²) in [6.07, 6.45) is 1.23. The largest absolute Gasteiger partial charge is 0.490 e. The first-order chi connectivity index (χ1) is 20.9. The van der Waals surface area contributed by atoms with E-state index in [-0.39, 0.29) is 28.4 Å². The third-order valence-corrected chi connectivity index (χ3v) is 6.28. The quantitative estimate of drug-likeness (QED) is 0.0660. The molecule has 0 spiro atoms. The number of rotatable bonds is 10. The first kappa shape index (κ1) is 28.7. The van der Waals surface area contributed by atoms with E-state index in [1.165, 1.54) is 36.5 Å². The van der Waals surface area contributed by atoms with Gasteiger partial charge in [-0.15, -0.1) is 0 Å². The van der Waals surface area contributed by atoms with Crippen LogP contribution in [-0.2, 0) is 0 Å². The van der Waals surface area contributed by atoms with E-state index in [0.29, 0.717) is 41.2 Å². The Morgan fingerprint density at radius 3 is 2.35 bits per heavy atom. The van der Waals surface area contributed by atoms with Crippen molar-refractivity contribution >= 4 is 28.8 Å². The summed E-state index contributed by atoms with van der Waals surface area (Å²) in [4.78, 5) is 42.3. The molecule has 43 heavy (non-hydrogen) atoms. The Bertz CT molecular complexity index is 1900. The number of nitro benzene ring substituents is 1. The van der Waals surface area contributed by atoms with E-state index in [0.717, 1.165) is 4.68 Å². The lowest BCUT2D eigenvalue weighted by molar-refractivity contribution is -0.384. The molecule has 11 nitrogen and oxygen atoms in total. The standard InChI is InChI=1S/C32H26N4O7/c1-3-41-28-16-14-22(19-29(28)42-4-2)32(38)43-27-17-15-24(36(39)40)18-23(27)20-33-35-30(21-10-6-5-7-11-21)34-26-13-9-8-12-25(26)31(35)37/h5-20H,3-4H2,1-2H3. The molecule has 0 fully saturated rings. The molecule has 216 valence electrons. The summed E-state index contributed by atoms with van der Waals surface area (Å²) in [7, 11) is 0. The number of carbonyl (C=O) groups excluding carboxylic acids is 1. The predicted octanol–water partition coefficient (Wildman–Crippen LogP) is 5.87. The molecule has 5 aromatic rings. The number of esters is 1. The van der Waals surface area contributed by atoms with Gasteiger partial charge in [-0.1, -0.05) is 42.5 Å². The van der Waals surface area contributed by atoms with Crippen LogP contribution in [0.4, 0.5) is 5.69 Å². The summed E-state index contributed by atoms with van der Waals surface area (Å²) in [6, 6.07) is 24.2. The number of hydrogen-bond acceptors (Lipinski definition) is 9. The zero-order valence-corrected chi connectivity index (χ0v) is 23.3. The van der Waals surface area contributed by atoms with Crippen molar-refractivity contribution in [3.05, 3.63) is 123 Å². The molecule has 0 atom stereocenters. The van der Waals surface area contributed by atoms with E-state index in [1.807, 2.05) is 19.9 Å². The highest BCUT2D eigenvalue weighted by Gasteiger charge is 2.18. The summed E-state index contributed by atoms with van der Waals surface area (Å²) in [5.74, 6) is 0.382. The van der Waals surface area contributed by atoms with Gasteiger partial charge in [-0.2, -0.15) is 9.78 Å². The lowest BCUT2D eigenvalue weighted by Crippen LogP contribution is -2.20. The summed E-state index contributed by atoms with van der Waals surface area (Å²) in [5.41, 5.74) is 0.695. The van der Waals surface area contributed by atoms with E-state index >= 15 is 0 Å². The number of fused-ring (bicyclic) bond motifs is 1. The van der Waals surface area contributed by atoms with Gasteiger partial charge in [-0.25, -0.2) is 9.78 Å². The van der Waals surface area contributed by atoms with Crippen molar-refractivity contribution in [2.75, 3.05) is 13.2 Å². The van der Waals surface area contributed by atoms with Gasteiger partial charge in [-0.3, -0.25) is 14.9 Å². The molecule has 1 aromatic heterocycles. The molecule has 0 aliphatic heterocycles. The molecule has 0 bridgehead atoms. The second kappa shape index (κ2) is 12.8. The Morgan fingerprint density at radius 2 is 1.60 bits per heavy atom. The highest BCUT2D eigenvalue weighted by Crippen LogP contribution is 2.30. The molecule has 4 aromatic carbocycles. The van der Waals surface area contributed by atoms with Crippen LogP contribution < -0.4 is 19.8 Å². The minimum absolute atomic E-state index is 0.00532. The molecule has 0 unspecified atom stereocenters. The number of ether oxygens (including phenoxy) is 3. The number of hydrogen-bond donors (Lipinski definition) is 0. The maximum Gasteiger partial charge on any atom is 0.343 e. The number of carbonyl (C=O) groups is 1. The van der Waals surface area contributed by atoms with Crippen molar-refractivity contribution in [3.63, 3.8) is 0 Å². The lowest BCUT2D eigenvalue weighted by Gasteiger charge is -2.13. The SMILES string of the molecule is CCOc1ccc(C(=O)Oc2ccc([N+](=O)[O-])cc2C=Nn2c(-c3ccccc3)nc3ccccc3c2=O)cc1OCC. The molecule has 5 rings (SSSR count). The number of non-ortho nitro benzene ring substituents is 1. The Balaban J connectivity index is 1.57. The van der Waals surface area contributed by atoms with Gasteiger partial charge >= 0.3 is 5.97 Å². The van der Waals surface area contributed by atoms with Crippen LogP contribution in [0.1, 0.15) is 29.8 Å². The molecule has 0 amide bonds. The Labute approximate surface area is 245 Å². The van der Waals surface area contributed by atoms with Gasteiger partial charge in [0.15, 0.2) is 17.3 Å². The fourth-order valence-corrected chi connectivity index (χ4v) is 4.30. The third-order valence-electron chi connectivity index (χ3n) is 6.28. The number of para-hydroxylation sites is 1. The van der Waals surface area contributed by atoms with E-state index in [1.54, 1.807) is 54.6 Å². The Morgan fingerprint density at radius 1 is 0.907 bits per heavy atom. The van der Waals surface area contributed by atoms with E-state index in [9.17, 15) is 19.7 Å². The average Bonchev–Trinajstić information content (AvgIpc) is 3.02. The van der Waals surface area contributed by atoms with E-state index in [4.69, 9.17) is 14.2 Å². The molecule has 0 saturated heterocycles.